The summed E-state index contributed by atoms with van der Waals surface area (Å²) < 4.78 is 4.77. The van der Waals surface area contributed by atoms with E-state index in [0.717, 1.165) is 22.8 Å². The summed E-state index contributed by atoms with van der Waals surface area (Å²) in [4.78, 5) is 27.0. The molecule has 8 heteroatoms. The number of nitrogens with zero attached hydrogens (tertiary/aromatic N) is 3. The molecule has 0 bridgehead atoms. The van der Waals surface area contributed by atoms with Crippen molar-refractivity contribution in [1.82, 2.24) is 25.3 Å². The van der Waals surface area contributed by atoms with Gasteiger partial charge in [0.15, 0.2) is 5.65 Å². The minimum absolute atomic E-state index is 0.234. The van der Waals surface area contributed by atoms with Gasteiger partial charge in [-0.3, -0.25) is 4.79 Å². The van der Waals surface area contributed by atoms with Crippen LogP contribution in [0.25, 0.3) is 11.2 Å². The Kier molecular flexibility index (Phi) is 5.31. The molecular weight excluding hydrogens is 278 g/mol. The van der Waals surface area contributed by atoms with Gasteiger partial charge in [-0.15, -0.1) is 11.8 Å². The maximum atomic E-state index is 11.6. The van der Waals surface area contributed by atoms with Crippen LogP contribution in [0.2, 0.25) is 0 Å². The molecule has 2 N–H and O–H groups in total. The highest BCUT2D eigenvalue weighted by Gasteiger charge is 2.17. The lowest BCUT2D eigenvalue weighted by molar-refractivity contribution is -0.143. The van der Waals surface area contributed by atoms with Crippen LogP contribution in [0, 0.1) is 0 Å². The second kappa shape index (κ2) is 7.20. The molecule has 1 atom stereocenters. The van der Waals surface area contributed by atoms with Crippen LogP contribution in [-0.4, -0.2) is 51.4 Å². The molecule has 20 heavy (non-hydrogen) atoms. The standard InChI is InChI=1S/C12H17N5O2S/c1-3-13-8(12(18)19-2)4-5-20-11-9-10(15-6-14-9)16-7-17-11/h6-8,13H,3-5H2,1-2H3,(H,14,15,16,17). The number of aromatic amines is 1. The average molecular weight is 295 g/mol. The van der Waals surface area contributed by atoms with Gasteiger partial charge < -0.3 is 15.0 Å². The topological polar surface area (TPSA) is 92.8 Å². The molecule has 0 saturated carbocycles. The van der Waals surface area contributed by atoms with Gasteiger partial charge in [0.25, 0.3) is 0 Å². The number of rotatable bonds is 7. The quantitative estimate of drug-likeness (QED) is 0.447. The number of imidazole rings is 1. The fourth-order valence-electron chi connectivity index (χ4n) is 1.82. The minimum Gasteiger partial charge on any atom is -0.468 e. The Morgan fingerprint density at radius 2 is 2.35 bits per heavy atom. The Bertz CT molecular complexity index is 574. The number of thioether (sulfide) groups is 1. The molecule has 0 aliphatic heterocycles. The van der Waals surface area contributed by atoms with Crippen LogP contribution in [0.3, 0.4) is 0 Å². The largest absolute Gasteiger partial charge is 0.468 e. The fourth-order valence-corrected chi connectivity index (χ4v) is 2.78. The fraction of sp³-hybridized carbons (Fsp3) is 0.500. The van der Waals surface area contributed by atoms with Crippen molar-refractivity contribution in [3.63, 3.8) is 0 Å². The Morgan fingerprint density at radius 1 is 1.50 bits per heavy atom. The Hall–Kier alpha value is -1.67. The highest BCUT2D eigenvalue weighted by molar-refractivity contribution is 7.99. The Labute approximate surface area is 120 Å². The highest BCUT2D eigenvalue weighted by Crippen LogP contribution is 2.22. The number of hydrogen-bond acceptors (Lipinski definition) is 7. The van der Waals surface area contributed by atoms with Gasteiger partial charge in [0, 0.05) is 5.75 Å². The van der Waals surface area contributed by atoms with Crippen molar-refractivity contribution in [1.29, 1.82) is 0 Å². The number of esters is 1. The van der Waals surface area contributed by atoms with E-state index >= 15 is 0 Å². The molecular formula is C12H17N5O2S. The van der Waals surface area contributed by atoms with Gasteiger partial charge in [0.1, 0.15) is 22.9 Å². The van der Waals surface area contributed by atoms with E-state index in [1.807, 2.05) is 6.92 Å². The lowest BCUT2D eigenvalue weighted by Gasteiger charge is -2.14. The molecule has 0 amide bonds. The van der Waals surface area contributed by atoms with E-state index < -0.39 is 0 Å². The smallest absolute Gasteiger partial charge is 0.322 e. The lowest BCUT2D eigenvalue weighted by atomic mass is 10.2. The molecule has 0 aromatic carbocycles. The van der Waals surface area contributed by atoms with Crippen molar-refractivity contribution in [3.8, 4) is 0 Å². The summed E-state index contributed by atoms with van der Waals surface area (Å²) in [6, 6.07) is -0.281. The summed E-state index contributed by atoms with van der Waals surface area (Å²) in [5, 5.41) is 3.95. The van der Waals surface area contributed by atoms with Crippen molar-refractivity contribution in [2.45, 2.75) is 24.4 Å². The summed E-state index contributed by atoms with van der Waals surface area (Å²) in [6.45, 7) is 2.68. The summed E-state index contributed by atoms with van der Waals surface area (Å²) in [5.41, 5.74) is 1.48. The molecule has 2 rings (SSSR count). The summed E-state index contributed by atoms with van der Waals surface area (Å²) >= 11 is 1.57. The zero-order valence-electron chi connectivity index (χ0n) is 11.4. The minimum atomic E-state index is -0.281. The number of hydrogen-bond donors (Lipinski definition) is 2. The number of carbonyl (C=O) groups excluding carboxylic acids is 1. The van der Waals surface area contributed by atoms with E-state index in [1.54, 1.807) is 18.1 Å². The van der Waals surface area contributed by atoms with E-state index in [2.05, 4.69) is 25.3 Å². The third kappa shape index (κ3) is 3.45. The Morgan fingerprint density at radius 3 is 3.10 bits per heavy atom. The van der Waals surface area contributed by atoms with Crippen molar-refractivity contribution < 1.29 is 9.53 Å². The molecule has 2 aromatic heterocycles. The molecule has 0 aliphatic carbocycles. The van der Waals surface area contributed by atoms with Crippen LogP contribution in [0.1, 0.15) is 13.3 Å². The third-order valence-electron chi connectivity index (χ3n) is 2.77. The van der Waals surface area contributed by atoms with Crippen LogP contribution < -0.4 is 5.32 Å². The number of nitrogens with one attached hydrogen (secondary N) is 2. The first-order valence-corrected chi connectivity index (χ1v) is 7.33. The molecule has 0 radical (unpaired) electrons. The Balaban J connectivity index is 1.94. The van der Waals surface area contributed by atoms with Crippen LogP contribution in [0.4, 0.5) is 0 Å². The number of methoxy groups -OCH3 is 1. The van der Waals surface area contributed by atoms with Crippen molar-refractivity contribution in [2.24, 2.45) is 0 Å². The van der Waals surface area contributed by atoms with Crippen molar-refractivity contribution in [2.75, 3.05) is 19.4 Å². The van der Waals surface area contributed by atoms with Gasteiger partial charge in [-0.05, 0) is 13.0 Å². The number of H-pyrrole nitrogens is 1. The van der Waals surface area contributed by atoms with Crippen LogP contribution in [-0.2, 0) is 9.53 Å². The number of carbonyl (C=O) groups is 1. The van der Waals surface area contributed by atoms with Gasteiger partial charge in [-0.25, -0.2) is 15.0 Å². The molecule has 0 spiro atoms. The van der Waals surface area contributed by atoms with Crippen LogP contribution in [0.5, 0.6) is 0 Å². The number of ether oxygens (including phenoxy) is 1. The number of aromatic nitrogens is 4. The van der Waals surface area contributed by atoms with E-state index in [1.165, 1.54) is 13.4 Å². The summed E-state index contributed by atoms with van der Waals surface area (Å²) in [7, 11) is 1.40. The second-order valence-corrected chi connectivity index (χ2v) is 5.13. The summed E-state index contributed by atoms with van der Waals surface area (Å²) in [6.07, 6.45) is 3.76. The van der Waals surface area contributed by atoms with Gasteiger partial charge >= 0.3 is 5.97 Å². The molecule has 7 nitrogen and oxygen atoms in total. The van der Waals surface area contributed by atoms with E-state index in [-0.39, 0.29) is 12.0 Å². The molecule has 1 unspecified atom stereocenters. The van der Waals surface area contributed by atoms with E-state index in [9.17, 15) is 4.79 Å². The molecule has 0 aliphatic rings. The predicted octanol–water partition coefficient (Wildman–Crippen LogP) is 0.986. The first kappa shape index (κ1) is 14.7. The third-order valence-corrected chi connectivity index (χ3v) is 3.79. The summed E-state index contributed by atoms with van der Waals surface area (Å²) in [5.74, 6) is 0.513. The maximum Gasteiger partial charge on any atom is 0.322 e. The number of likely N-dealkylation sites (N-methyl/N-ethyl adjacent to an activating group) is 1. The first-order chi connectivity index (χ1) is 9.76. The molecule has 0 fully saturated rings. The van der Waals surface area contributed by atoms with Crippen LogP contribution in [0.15, 0.2) is 17.7 Å². The monoisotopic (exact) mass is 295 g/mol. The predicted molar refractivity (Wildman–Crippen MR) is 76.5 cm³/mol. The normalized spacial score (nSPS) is 12.5. The lowest BCUT2D eigenvalue weighted by Crippen LogP contribution is -2.37. The number of fused-ring (bicyclic) bond motifs is 1. The van der Waals surface area contributed by atoms with Gasteiger partial charge in [0.05, 0.1) is 13.4 Å². The van der Waals surface area contributed by atoms with Gasteiger partial charge in [0.2, 0.25) is 0 Å². The zero-order valence-corrected chi connectivity index (χ0v) is 12.2. The zero-order chi connectivity index (χ0) is 14.4. The SMILES string of the molecule is CCNC(CCSc1ncnc2nc[nH]c12)C(=O)OC. The van der Waals surface area contributed by atoms with E-state index in [0.29, 0.717) is 12.1 Å². The van der Waals surface area contributed by atoms with Crippen molar-refractivity contribution >= 4 is 28.9 Å². The molecule has 2 heterocycles. The molecule has 108 valence electrons. The first-order valence-electron chi connectivity index (χ1n) is 6.34. The molecule has 2 aromatic rings. The van der Waals surface area contributed by atoms with Gasteiger partial charge in [-0.1, -0.05) is 6.92 Å². The van der Waals surface area contributed by atoms with Crippen molar-refractivity contribution in [3.05, 3.63) is 12.7 Å². The van der Waals surface area contributed by atoms with E-state index in [4.69, 9.17) is 4.74 Å². The maximum absolute atomic E-state index is 11.6. The second-order valence-electron chi connectivity index (χ2n) is 4.05. The highest BCUT2D eigenvalue weighted by atomic mass is 32.2. The molecule has 0 saturated heterocycles. The average Bonchev–Trinajstić information content (AvgIpc) is 2.95. The van der Waals surface area contributed by atoms with Crippen LogP contribution >= 0.6 is 11.8 Å². The van der Waals surface area contributed by atoms with Gasteiger partial charge in [-0.2, -0.15) is 0 Å².